The van der Waals surface area contributed by atoms with Crippen molar-refractivity contribution in [2.45, 2.75) is 56.7 Å². The first-order chi connectivity index (χ1) is 15.7. The molecule has 7 nitrogen and oxygen atoms in total. The second kappa shape index (κ2) is 7.56. The van der Waals surface area contributed by atoms with Crippen LogP contribution in [-0.2, 0) is 18.4 Å². The summed E-state index contributed by atoms with van der Waals surface area (Å²) in [5, 5.41) is 3.62. The summed E-state index contributed by atoms with van der Waals surface area (Å²) < 4.78 is 29.1. The largest absolute Gasteiger partial charge is 0.364 e. The zero-order valence-corrected chi connectivity index (χ0v) is 18.6. The number of hydrogen-bond donors (Lipinski definition) is 2. The van der Waals surface area contributed by atoms with Crippen molar-refractivity contribution in [3.05, 3.63) is 62.4 Å². The predicted molar refractivity (Wildman–Crippen MR) is 121 cm³/mol. The van der Waals surface area contributed by atoms with Crippen LogP contribution in [0.15, 0.2) is 29.1 Å². The highest BCUT2D eigenvalue weighted by atomic mass is 35.5. The number of aromatic nitrogens is 3. The lowest BCUT2D eigenvalue weighted by Gasteiger charge is -2.43. The van der Waals surface area contributed by atoms with Gasteiger partial charge in [0.05, 0.1) is 16.6 Å². The predicted octanol–water partition coefficient (Wildman–Crippen LogP) is 3.96. The molecule has 2 aliphatic rings. The number of nitrogens with zero attached hydrogens (tertiary/aromatic N) is 3. The molecule has 1 aromatic carbocycles. The van der Waals surface area contributed by atoms with E-state index in [-0.39, 0.29) is 29.2 Å². The highest BCUT2D eigenvalue weighted by molar-refractivity contribution is 6.29. The molecule has 0 saturated heterocycles. The second-order valence-corrected chi connectivity index (χ2v) is 9.26. The highest BCUT2D eigenvalue weighted by Crippen LogP contribution is 2.57. The Morgan fingerprint density at radius 2 is 2.06 bits per heavy atom. The Hall–Kier alpha value is -2.91. The van der Waals surface area contributed by atoms with Crippen molar-refractivity contribution in [3.63, 3.8) is 0 Å². The van der Waals surface area contributed by atoms with Gasteiger partial charge in [0, 0.05) is 30.4 Å². The minimum Gasteiger partial charge on any atom is -0.364 e. The van der Waals surface area contributed by atoms with E-state index in [4.69, 9.17) is 22.3 Å². The molecule has 1 saturated carbocycles. The van der Waals surface area contributed by atoms with E-state index in [0.29, 0.717) is 53.7 Å². The van der Waals surface area contributed by atoms with Gasteiger partial charge in [-0.1, -0.05) is 24.6 Å². The van der Waals surface area contributed by atoms with E-state index in [2.05, 4.69) is 10.3 Å². The average Bonchev–Trinajstić information content (AvgIpc) is 3.12. The number of carbonyl (C=O) groups excluding carboxylic acids is 1. The van der Waals surface area contributed by atoms with Crippen LogP contribution in [0.25, 0.3) is 10.9 Å². The van der Waals surface area contributed by atoms with Crippen molar-refractivity contribution in [3.8, 4) is 0 Å². The van der Waals surface area contributed by atoms with Gasteiger partial charge in [-0.2, -0.15) is 0 Å². The number of hydrogen-bond acceptors (Lipinski definition) is 6. The first-order valence-corrected chi connectivity index (χ1v) is 11.1. The van der Waals surface area contributed by atoms with Crippen molar-refractivity contribution in [1.29, 1.82) is 0 Å². The Morgan fingerprint density at radius 1 is 1.30 bits per heavy atom. The Morgan fingerprint density at radius 3 is 2.73 bits per heavy atom. The number of aryl methyl sites for hydroxylation is 1. The fraction of sp³-hybridized carbons (Fsp3) is 0.391. The monoisotopic (exact) mass is 473 g/mol. The fourth-order valence-electron chi connectivity index (χ4n) is 5.09. The fourth-order valence-corrected chi connectivity index (χ4v) is 5.24. The number of carbonyl (C=O) groups is 1. The van der Waals surface area contributed by atoms with Gasteiger partial charge in [-0.05, 0) is 36.6 Å². The topological polar surface area (TPSA) is 103 Å². The van der Waals surface area contributed by atoms with Gasteiger partial charge in [0.1, 0.15) is 22.8 Å². The summed E-state index contributed by atoms with van der Waals surface area (Å²) in [6, 6.07) is 6.76. The number of anilines is 1. The Labute approximate surface area is 193 Å². The van der Waals surface area contributed by atoms with Gasteiger partial charge < -0.3 is 11.1 Å². The second-order valence-electron chi connectivity index (χ2n) is 8.87. The van der Waals surface area contributed by atoms with Crippen molar-refractivity contribution >= 4 is 34.5 Å². The van der Waals surface area contributed by atoms with Gasteiger partial charge in [0.15, 0.2) is 6.29 Å². The Balaban J connectivity index is 1.64. The standard InChI is InChI=1S/C23H22ClF2N5O2/c1-2-12-7-13(19(27)29-15-3-4-17(24)28-16(15)9-32)18-14(8-12)20(33)31-6-5-22(21(31)30-18)10-23(25,26)11-22/h3-4,7-9,19,29H,2,5-6,10-11,27H2,1H3. The first-order valence-electron chi connectivity index (χ1n) is 10.8. The molecule has 0 bridgehead atoms. The molecule has 0 amide bonds. The summed E-state index contributed by atoms with van der Waals surface area (Å²) in [4.78, 5) is 33.5. The summed E-state index contributed by atoms with van der Waals surface area (Å²) in [5.74, 6) is -2.33. The van der Waals surface area contributed by atoms with Crippen LogP contribution in [0.1, 0.15) is 59.8 Å². The van der Waals surface area contributed by atoms with E-state index in [1.54, 1.807) is 12.1 Å². The third kappa shape index (κ3) is 3.50. The van der Waals surface area contributed by atoms with Crippen LogP contribution in [0.3, 0.4) is 0 Å². The quantitative estimate of drug-likeness (QED) is 0.330. The molecule has 172 valence electrons. The maximum Gasteiger partial charge on any atom is 0.261 e. The summed E-state index contributed by atoms with van der Waals surface area (Å²) in [7, 11) is 0. The van der Waals surface area contributed by atoms with Crippen LogP contribution in [-0.4, -0.2) is 26.7 Å². The highest BCUT2D eigenvalue weighted by Gasteiger charge is 2.61. The molecule has 3 aromatic rings. The molecule has 1 aliphatic carbocycles. The molecule has 1 fully saturated rings. The minimum absolute atomic E-state index is 0.0958. The Bertz CT molecular complexity index is 1350. The maximum absolute atomic E-state index is 13.8. The molecule has 33 heavy (non-hydrogen) atoms. The molecule has 3 heterocycles. The number of alkyl halides is 2. The molecule has 0 radical (unpaired) electrons. The smallest absolute Gasteiger partial charge is 0.261 e. The number of halogens is 3. The van der Waals surface area contributed by atoms with Crippen molar-refractivity contribution in [1.82, 2.24) is 14.5 Å². The summed E-state index contributed by atoms with van der Waals surface area (Å²) >= 11 is 5.87. The number of aldehydes is 1. The lowest BCUT2D eigenvalue weighted by molar-refractivity contribution is -0.127. The van der Waals surface area contributed by atoms with E-state index < -0.39 is 17.5 Å². The number of pyridine rings is 1. The molecular weight excluding hydrogens is 452 g/mol. The minimum atomic E-state index is -2.73. The van der Waals surface area contributed by atoms with Crippen molar-refractivity contribution in [2.75, 3.05) is 5.32 Å². The third-order valence-corrected chi connectivity index (χ3v) is 6.90. The normalized spacial score (nSPS) is 18.7. The van der Waals surface area contributed by atoms with Crippen LogP contribution < -0.4 is 16.6 Å². The first kappa shape index (κ1) is 21.9. The van der Waals surface area contributed by atoms with E-state index >= 15 is 0 Å². The van der Waals surface area contributed by atoms with Gasteiger partial charge in [-0.25, -0.2) is 18.7 Å². The number of nitrogens with two attached hydrogens (primary N) is 1. The third-order valence-electron chi connectivity index (χ3n) is 6.69. The van der Waals surface area contributed by atoms with Crippen LogP contribution >= 0.6 is 11.6 Å². The van der Waals surface area contributed by atoms with Crippen molar-refractivity contribution < 1.29 is 13.6 Å². The van der Waals surface area contributed by atoms with Gasteiger partial charge in [0.2, 0.25) is 5.92 Å². The van der Waals surface area contributed by atoms with E-state index in [1.807, 2.05) is 13.0 Å². The molecule has 2 aromatic heterocycles. The molecule has 10 heteroatoms. The summed E-state index contributed by atoms with van der Waals surface area (Å²) in [6.07, 6.45) is 0.263. The van der Waals surface area contributed by atoms with E-state index in [1.165, 1.54) is 10.6 Å². The molecule has 1 spiro atoms. The van der Waals surface area contributed by atoms with Crippen LogP contribution in [0.4, 0.5) is 14.5 Å². The molecule has 1 aliphatic heterocycles. The lowest BCUT2D eigenvalue weighted by atomic mass is 9.65. The van der Waals surface area contributed by atoms with Crippen LogP contribution in [0.2, 0.25) is 5.15 Å². The summed E-state index contributed by atoms with van der Waals surface area (Å²) in [5.41, 5.74) is 7.75. The van der Waals surface area contributed by atoms with Gasteiger partial charge in [-0.3, -0.25) is 14.2 Å². The van der Waals surface area contributed by atoms with Crippen LogP contribution in [0, 0.1) is 0 Å². The van der Waals surface area contributed by atoms with Gasteiger partial charge in [-0.15, -0.1) is 0 Å². The maximum atomic E-state index is 13.8. The molecule has 5 rings (SSSR count). The number of rotatable bonds is 5. The van der Waals surface area contributed by atoms with Crippen molar-refractivity contribution in [2.24, 2.45) is 5.73 Å². The zero-order chi connectivity index (χ0) is 23.5. The number of fused-ring (bicyclic) bond motifs is 3. The zero-order valence-electron chi connectivity index (χ0n) is 17.9. The number of benzene rings is 1. The van der Waals surface area contributed by atoms with Gasteiger partial charge in [0.25, 0.3) is 5.56 Å². The molecular formula is C23H22ClF2N5O2. The average molecular weight is 474 g/mol. The van der Waals surface area contributed by atoms with E-state index in [0.717, 1.165) is 5.56 Å². The Kier molecular flexibility index (Phi) is 5.02. The molecule has 1 atom stereocenters. The molecule has 3 N–H and O–H groups in total. The molecule has 1 unspecified atom stereocenters. The van der Waals surface area contributed by atoms with E-state index in [9.17, 15) is 18.4 Å². The SMILES string of the molecule is CCc1cc(C(N)Nc2ccc(Cl)nc2C=O)c2nc3n(c(=O)c2c1)CCC31CC(F)(F)C1. The summed E-state index contributed by atoms with van der Waals surface area (Å²) in [6.45, 7) is 2.34. The number of nitrogens with one attached hydrogen (secondary N) is 1. The van der Waals surface area contributed by atoms with Crippen LogP contribution in [0.5, 0.6) is 0 Å². The lowest BCUT2D eigenvalue weighted by Crippen LogP contribution is -2.49. The van der Waals surface area contributed by atoms with Gasteiger partial charge >= 0.3 is 0 Å².